The molecule has 0 radical (unpaired) electrons. The maximum atomic E-state index is 13.2. The van der Waals surface area contributed by atoms with Crippen molar-refractivity contribution < 1.29 is 18.9 Å². The van der Waals surface area contributed by atoms with Crippen LogP contribution in [-0.4, -0.2) is 25.8 Å². The Hall–Kier alpha value is -1.40. The molecule has 0 atom stereocenters. The van der Waals surface area contributed by atoms with Gasteiger partial charge < -0.3 is 15.0 Å². The molecule has 6 heteroatoms. The number of carboxylic acid groups (broad SMARTS) is 1. The SMILES string of the molecule is COBNCc1ccc(C(=O)O)c(F)c1. The van der Waals surface area contributed by atoms with Crippen LogP contribution in [0.1, 0.15) is 15.9 Å². The van der Waals surface area contributed by atoms with Crippen LogP contribution in [0, 0.1) is 5.82 Å². The minimum absolute atomic E-state index is 0.314. The number of rotatable bonds is 5. The van der Waals surface area contributed by atoms with Crippen molar-refractivity contribution in [3.63, 3.8) is 0 Å². The highest BCUT2D eigenvalue weighted by atomic mass is 19.1. The predicted molar refractivity (Wildman–Crippen MR) is 54.4 cm³/mol. The summed E-state index contributed by atoms with van der Waals surface area (Å²) < 4.78 is 17.9. The lowest BCUT2D eigenvalue weighted by molar-refractivity contribution is 0.0692. The standard InChI is InChI=1S/C9H11BFNO3/c1-15-10-12-5-6-2-3-7(9(13)14)8(11)4-6/h2-4,10,12H,5H2,1H3,(H,13,14). The summed E-state index contributed by atoms with van der Waals surface area (Å²) in [7, 11) is 1.91. The predicted octanol–water partition coefficient (Wildman–Crippen LogP) is 0.526. The van der Waals surface area contributed by atoms with E-state index in [1.165, 1.54) is 12.1 Å². The zero-order valence-electron chi connectivity index (χ0n) is 8.29. The lowest BCUT2D eigenvalue weighted by Crippen LogP contribution is -2.20. The molecule has 80 valence electrons. The summed E-state index contributed by atoms with van der Waals surface area (Å²) in [4.78, 5) is 10.5. The quantitative estimate of drug-likeness (QED) is 0.550. The lowest BCUT2D eigenvalue weighted by Gasteiger charge is -2.04. The molecule has 0 spiro atoms. The van der Waals surface area contributed by atoms with Crippen LogP contribution in [0.25, 0.3) is 0 Å². The van der Waals surface area contributed by atoms with Gasteiger partial charge in [0.15, 0.2) is 0 Å². The first kappa shape index (κ1) is 11.7. The third-order valence-corrected chi connectivity index (χ3v) is 1.84. The molecule has 15 heavy (non-hydrogen) atoms. The number of nitrogens with one attached hydrogen (secondary N) is 1. The van der Waals surface area contributed by atoms with E-state index in [0.29, 0.717) is 19.7 Å². The number of carboxylic acids is 1. The normalized spacial score (nSPS) is 10.0. The lowest BCUT2D eigenvalue weighted by atomic mass is 10.1. The Morgan fingerprint density at radius 2 is 2.40 bits per heavy atom. The first-order valence-electron chi connectivity index (χ1n) is 4.36. The smallest absolute Gasteiger partial charge is 0.360 e. The van der Waals surface area contributed by atoms with Crippen molar-refractivity contribution >= 4 is 13.6 Å². The molecule has 1 aromatic carbocycles. The van der Waals surface area contributed by atoms with Crippen molar-refractivity contribution in [2.45, 2.75) is 6.54 Å². The first-order valence-corrected chi connectivity index (χ1v) is 4.36. The minimum atomic E-state index is -1.26. The zero-order valence-corrected chi connectivity index (χ0v) is 8.29. The van der Waals surface area contributed by atoms with Crippen molar-refractivity contribution in [3.8, 4) is 0 Å². The summed E-state index contributed by atoms with van der Waals surface area (Å²) >= 11 is 0. The molecule has 0 saturated carbocycles. The molecule has 0 saturated heterocycles. The third-order valence-electron chi connectivity index (χ3n) is 1.84. The average molecular weight is 211 g/mol. The summed E-state index contributed by atoms with van der Waals surface area (Å²) in [6.45, 7) is 0.435. The fourth-order valence-electron chi connectivity index (χ4n) is 1.14. The molecule has 4 nitrogen and oxygen atoms in total. The van der Waals surface area contributed by atoms with Gasteiger partial charge in [0, 0.05) is 13.7 Å². The topological polar surface area (TPSA) is 58.6 Å². The van der Waals surface area contributed by atoms with Gasteiger partial charge in [-0.3, -0.25) is 0 Å². The fourth-order valence-corrected chi connectivity index (χ4v) is 1.14. The molecular weight excluding hydrogens is 200 g/mol. The van der Waals surface area contributed by atoms with Crippen LogP contribution < -0.4 is 5.23 Å². The van der Waals surface area contributed by atoms with Gasteiger partial charge in [-0.15, -0.1) is 0 Å². The molecule has 0 heterocycles. The molecule has 0 bridgehead atoms. The largest absolute Gasteiger partial charge is 0.478 e. The molecule has 0 unspecified atom stereocenters. The van der Waals surface area contributed by atoms with Crippen LogP contribution in [-0.2, 0) is 11.2 Å². The minimum Gasteiger partial charge on any atom is -0.478 e. The van der Waals surface area contributed by atoms with Crippen LogP contribution in [0.15, 0.2) is 18.2 Å². The van der Waals surface area contributed by atoms with Gasteiger partial charge in [-0.2, -0.15) is 0 Å². The Morgan fingerprint density at radius 3 is 2.93 bits per heavy atom. The second kappa shape index (κ2) is 5.48. The van der Waals surface area contributed by atoms with Gasteiger partial charge in [0.2, 0.25) is 0 Å². The molecule has 0 aliphatic rings. The van der Waals surface area contributed by atoms with Crippen molar-refractivity contribution in [2.75, 3.05) is 7.11 Å². The first-order chi connectivity index (χ1) is 7.15. The second-order valence-corrected chi connectivity index (χ2v) is 2.98. The van der Waals surface area contributed by atoms with E-state index >= 15 is 0 Å². The average Bonchev–Trinajstić information content (AvgIpc) is 2.17. The zero-order chi connectivity index (χ0) is 11.3. The van der Waals surface area contributed by atoms with Crippen molar-refractivity contribution in [2.24, 2.45) is 0 Å². The highest BCUT2D eigenvalue weighted by Gasteiger charge is 2.09. The molecule has 0 aliphatic heterocycles. The maximum absolute atomic E-state index is 13.2. The molecule has 0 fully saturated rings. The molecule has 0 aliphatic carbocycles. The number of aromatic carboxylic acids is 1. The summed E-state index contributed by atoms with van der Waals surface area (Å²) in [5, 5.41) is 11.5. The van der Waals surface area contributed by atoms with Crippen molar-refractivity contribution in [3.05, 3.63) is 35.1 Å². The Bertz CT molecular complexity index is 359. The number of halogens is 1. The molecule has 2 N–H and O–H groups in total. The van der Waals surface area contributed by atoms with E-state index in [0.717, 1.165) is 0 Å². The molecule has 0 amide bonds. The van der Waals surface area contributed by atoms with E-state index in [1.807, 2.05) is 0 Å². The highest BCUT2D eigenvalue weighted by Crippen LogP contribution is 2.10. The van der Waals surface area contributed by atoms with Gasteiger partial charge in [0.1, 0.15) is 5.82 Å². The summed E-state index contributed by atoms with van der Waals surface area (Å²) in [5.74, 6) is -1.98. The van der Waals surface area contributed by atoms with E-state index in [4.69, 9.17) is 9.76 Å². The van der Waals surface area contributed by atoms with E-state index in [9.17, 15) is 9.18 Å². The monoisotopic (exact) mass is 211 g/mol. The van der Waals surface area contributed by atoms with Gasteiger partial charge in [-0.25, -0.2) is 9.18 Å². The molecule has 1 rings (SSSR count). The van der Waals surface area contributed by atoms with E-state index in [1.54, 1.807) is 13.2 Å². The highest BCUT2D eigenvalue weighted by molar-refractivity contribution is 6.23. The number of hydrogen-bond donors (Lipinski definition) is 2. The van der Waals surface area contributed by atoms with Gasteiger partial charge in [0.05, 0.1) is 5.56 Å². The Labute approximate surface area is 87.4 Å². The van der Waals surface area contributed by atoms with Crippen LogP contribution in [0.3, 0.4) is 0 Å². The van der Waals surface area contributed by atoms with Gasteiger partial charge in [-0.1, -0.05) is 6.07 Å². The summed E-state index contributed by atoms with van der Waals surface area (Å²) in [5.41, 5.74) is 0.361. The van der Waals surface area contributed by atoms with Gasteiger partial charge in [0.25, 0.3) is 0 Å². The van der Waals surface area contributed by atoms with Crippen LogP contribution >= 0.6 is 0 Å². The Morgan fingerprint density at radius 1 is 1.67 bits per heavy atom. The van der Waals surface area contributed by atoms with Gasteiger partial charge >= 0.3 is 13.6 Å². The Kier molecular flexibility index (Phi) is 4.26. The van der Waals surface area contributed by atoms with Crippen LogP contribution in [0.2, 0.25) is 0 Å². The molecule has 0 aromatic heterocycles. The maximum Gasteiger partial charge on any atom is 0.360 e. The van der Waals surface area contributed by atoms with Crippen LogP contribution in [0.4, 0.5) is 4.39 Å². The van der Waals surface area contributed by atoms with Gasteiger partial charge in [-0.05, 0) is 17.7 Å². The van der Waals surface area contributed by atoms with E-state index < -0.39 is 11.8 Å². The Balaban J connectivity index is 2.69. The summed E-state index contributed by atoms with van der Waals surface area (Å²) in [6.07, 6.45) is 0. The fraction of sp³-hybridized carbons (Fsp3) is 0.222. The third kappa shape index (κ3) is 3.34. The summed E-state index contributed by atoms with van der Waals surface area (Å²) in [6, 6.07) is 4.02. The van der Waals surface area contributed by atoms with Crippen LogP contribution in [0.5, 0.6) is 0 Å². The molecular formula is C9H11BFNO3. The number of hydrogen-bond acceptors (Lipinski definition) is 3. The molecule has 1 aromatic rings. The van der Waals surface area contributed by atoms with E-state index in [2.05, 4.69) is 5.23 Å². The second-order valence-electron chi connectivity index (χ2n) is 2.98. The number of benzene rings is 1. The van der Waals surface area contributed by atoms with Crippen molar-refractivity contribution in [1.82, 2.24) is 5.23 Å². The van der Waals surface area contributed by atoms with E-state index in [-0.39, 0.29) is 5.56 Å². The number of carbonyl (C=O) groups is 1. The van der Waals surface area contributed by atoms with Crippen molar-refractivity contribution in [1.29, 1.82) is 0 Å².